The van der Waals surface area contributed by atoms with Crippen molar-refractivity contribution < 1.29 is 38.7 Å². The molecule has 4 aromatic rings. The van der Waals surface area contributed by atoms with Gasteiger partial charge in [0.05, 0.1) is 24.7 Å². The van der Waals surface area contributed by atoms with Crippen molar-refractivity contribution in [1.82, 2.24) is 39.5 Å². The second-order valence-corrected chi connectivity index (χ2v) is 12.2. The molecule has 21 heteroatoms. The Morgan fingerprint density at radius 3 is 2.78 bits per heavy atom. The zero-order valence-corrected chi connectivity index (χ0v) is 22.6. The third-order valence-corrected chi connectivity index (χ3v) is 8.35. The summed E-state index contributed by atoms with van der Waals surface area (Å²) in [6.45, 7) is -4.87. The van der Waals surface area contributed by atoms with Crippen molar-refractivity contribution in [3.63, 3.8) is 0 Å². The fourth-order valence-electron chi connectivity index (χ4n) is 4.83. The van der Waals surface area contributed by atoms with Crippen molar-refractivity contribution in [2.24, 2.45) is 0 Å². The number of hydrogen-bond donors (Lipinski definition) is 7. The van der Waals surface area contributed by atoms with E-state index >= 15 is 0 Å². The van der Waals surface area contributed by atoms with E-state index in [4.69, 9.17) is 41.8 Å². The van der Waals surface area contributed by atoms with Gasteiger partial charge in [-0.15, -0.1) is 5.10 Å². The van der Waals surface area contributed by atoms with E-state index in [1.807, 2.05) is 0 Å². The van der Waals surface area contributed by atoms with Crippen molar-refractivity contribution in [3.8, 4) is 0 Å². The standard InChI is InChI=1S/C20H25N10O9PS/c21-14-8-1-2-29(15(8)24-6-23-14)19-13(33)12(32)10(38-19)5-36-40(35,41)39-9-3-7(4-31)37-18(9)30-16-11(27-28-30)17(34)26-20(22)25-16/h1-2,6-7,9-10,12-13,18-19,31-33H,3-5H2,(H,35,41)(H2,21,23,24)(H3,22,25,26,34)/t7?,9-,10-,12-,13-,18-,19-,40?/m1/s1. The van der Waals surface area contributed by atoms with Gasteiger partial charge in [-0.2, -0.15) is 9.67 Å². The molecule has 0 saturated carbocycles. The maximum atomic E-state index is 12.2. The number of anilines is 2. The number of nitrogens with two attached hydrogens (primary N) is 2. The molecule has 0 bridgehead atoms. The van der Waals surface area contributed by atoms with Gasteiger partial charge in [0, 0.05) is 12.6 Å². The highest BCUT2D eigenvalue weighted by atomic mass is 32.5. The number of aromatic amines is 1. The molecule has 220 valence electrons. The Morgan fingerprint density at radius 2 is 2.00 bits per heavy atom. The average molecular weight is 613 g/mol. The Bertz CT molecular complexity index is 1700. The minimum absolute atomic E-state index is 0.0114. The van der Waals surface area contributed by atoms with Gasteiger partial charge < -0.3 is 54.8 Å². The topological polar surface area (TPSA) is 277 Å². The first-order valence-electron chi connectivity index (χ1n) is 12.2. The smallest absolute Gasteiger partial charge is 0.325 e. The van der Waals surface area contributed by atoms with Crippen LogP contribution in [-0.2, 0) is 30.3 Å². The summed E-state index contributed by atoms with van der Waals surface area (Å²) >= 11 is 5.20. The van der Waals surface area contributed by atoms with Crippen LogP contribution in [0.4, 0.5) is 11.8 Å². The highest BCUT2D eigenvalue weighted by Crippen LogP contribution is 2.50. The van der Waals surface area contributed by atoms with Crippen LogP contribution in [0.2, 0.25) is 0 Å². The van der Waals surface area contributed by atoms with Crippen LogP contribution in [0.5, 0.6) is 0 Å². The molecule has 0 aliphatic carbocycles. The predicted molar refractivity (Wildman–Crippen MR) is 141 cm³/mol. The lowest BCUT2D eigenvalue weighted by Gasteiger charge is -2.25. The van der Waals surface area contributed by atoms with Crippen molar-refractivity contribution >= 4 is 52.5 Å². The summed E-state index contributed by atoms with van der Waals surface area (Å²) in [5.74, 6) is 0.0534. The van der Waals surface area contributed by atoms with Crippen LogP contribution < -0.4 is 17.0 Å². The van der Waals surface area contributed by atoms with Gasteiger partial charge in [-0.05, 0) is 17.9 Å². The molecular weight excluding hydrogens is 587 g/mol. The van der Waals surface area contributed by atoms with Crippen LogP contribution >= 0.6 is 6.72 Å². The van der Waals surface area contributed by atoms with E-state index < -0.39 is 61.9 Å². The number of nitrogens with zero attached hydrogens (tertiary/aromatic N) is 7. The maximum Gasteiger partial charge on any atom is 0.325 e. The Labute approximate surface area is 233 Å². The van der Waals surface area contributed by atoms with E-state index in [2.05, 4.69) is 30.2 Å². The molecule has 4 aromatic heterocycles. The zero-order valence-electron chi connectivity index (χ0n) is 20.9. The molecule has 6 heterocycles. The van der Waals surface area contributed by atoms with E-state index in [0.29, 0.717) is 11.0 Å². The molecule has 19 nitrogen and oxygen atoms in total. The highest BCUT2D eigenvalue weighted by molar-refractivity contribution is 8.07. The molecule has 2 aliphatic rings. The molecule has 2 saturated heterocycles. The molecule has 0 aromatic carbocycles. The number of aliphatic hydroxyl groups excluding tert-OH is 3. The largest absolute Gasteiger partial charge is 0.394 e. The molecule has 2 unspecified atom stereocenters. The quantitative estimate of drug-likeness (QED) is 0.102. The van der Waals surface area contributed by atoms with Crippen LogP contribution in [0, 0.1) is 0 Å². The summed E-state index contributed by atoms with van der Waals surface area (Å²) < 4.78 is 25.5. The van der Waals surface area contributed by atoms with E-state index in [-0.39, 0.29) is 36.0 Å². The Kier molecular flexibility index (Phi) is 7.22. The number of hydrogen-bond acceptors (Lipinski definition) is 16. The van der Waals surface area contributed by atoms with Gasteiger partial charge in [0.1, 0.15) is 42.2 Å². The van der Waals surface area contributed by atoms with Crippen molar-refractivity contribution in [2.45, 2.75) is 49.4 Å². The van der Waals surface area contributed by atoms with E-state index in [9.17, 15) is 25.0 Å². The lowest BCUT2D eigenvalue weighted by atomic mass is 10.1. The normalized spacial score (nSPS) is 29.9. The Morgan fingerprint density at radius 1 is 1.20 bits per heavy atom. The summed E-state index contributed by atoms with van der Waals surface area (Å²) in [6, 6.07) is 1.65. The molecule has 0 amide bonds. The van der Waals surface area contributed by atoms with Gasteiger partial charge in [-0.25, -0.2) is 9.97 Å². The number of fused-ring (bicyclic) bond motifs is 2. The van der Waals surface area contributed by atoms with Crippen LogP contribution in [0.15, 0.2) is 23.4 Å². The lowest BCUT2D eigenvalue weighted by molar-refractivity contribution is -0.0605. The summed E-state index contributed by atoms with van der Waals surface area (Å²) in [6.07, 6.45) is -4.90. The minimum Gasteiger partial charge on any atom is -0.394 e. The lowest BCUT2D eigenvalue weighted by Crippen LogP contribution is -2.33. The number of nitrogens with one attached hydrogen (secondary N) is 1. The fourth-order valence-corrected chi connectivity index (χ4v) is 6.28. The van der Waals surface area contributed by atoms with E-state index in [1.165, 1.54) is 10.9 Å². The van der Waals surface area contributed by atoms with Crippen LogP contribution in [0.3, 0.4) is 0 Å². The van der Waals surface area contributed by atoms with Crippen molar-refractivity contribution in [1.29, 1.82) is 0 Å². The molecule has 6 rings (SSSR count). The van der Waals surface area contributed by atoms with Gasteiger partial charge in [0.15, 0.2) is 23.6 Å². The highest BCUT2D eigenvalue weighted by Gasteiger charge is 2.46. The number of aromatic nitrogens is 8. The third-order valence-electron chi connectivity index (χ3n) is 6.76. The number of ether oxygens (including phenoxy) is 2. The monoisotopic (exact) mass is 612 g/mol. The van der Waals surface area contributed by atoms with Gasteiger partial charge >= 0.3 is 6.72 Å². The maximum absolute atomic E-state index is 12.2. The number of aliphatic hydroxyl groups is 3. The number of H-pyrrole nitrogens is 1. The molecule has 2 fully saturated rings. The molecule has 2 aliphatic heterocycles. The Hall–Kier alpha value is -3.17. The zero-order chi connectivity index (χ0) is 29.1. The van der Waals surface area contributed by atoms with Crippen LogP contribution in [0.1, 0.15) is 18.9 Å². The van der Waals surface area contributed by atoms with Gasteiger partial charge in [0.25, 0.3) is 5.56 Å². The first-order valence-corrected chi connectivity index (χ1v) is 14.8. The summed E-state index contributed by atoms with van der Waals surface area (Å²) in [7, 11) is 0. The van der Waals surface area contributed by atoms with Crippen LogP contribution in [0.25, 0.3) is 22.2 Å². The summed E-state index contributed by atoms with van der Waals surface area (Å²) in [4.78, 5) is 37.5. The first-order chi connectivity index (χ1) is 19.6. The molecule has 0 radical (unpaired) electrons. The SMILES string of the molecule is Nc1nc2c(nnn2[C@@H]2OC(CO)C[C@H]2OP(O)(=S)OC[C@H]2O[C@@H](n3ccc4c(N)ncnc43)[C@H](O)[C@@H]2O)c(=O)[nH]1. The molecule has 8 atom stereocenters. The van der Waals surface area contributed by atoms with Crippen molar-refractivity contribution in [2.75, 3.05) is 24.7 Å². The van der Waals surface area contributed by atoms with Gasteiger partial charge in [0.2, 0.25) is 5.95 Å². The van der Waals surface area contributed by atoms with E-state index in [0.717, 1.165) is 4.68 Å². The van der Waals surface area contributed by atoms with Crippen LogP contribution in [-0.4, -0.2) is 103 Å². The third kappa shape index (κ3) is 5.07. The van der Waals surface area contributed by atoms with Crippen molar-refractivity contribution in [3.05, 3.63) is 28.9 Å². The second-order valence-electron chi connectivity index (χ2n) is 9.40. The second kappa shape index (κ2) is 10.6. The summed E-state index contributed by atoms with van der Waals surface area (Å²) in [5.41, 5.74) is 11.2. The molecule has 9 N–H and O–H groups in total. The van der Waals surface area contributed by atoms with E-state index in [1.54, 1.807) is 12.3 Å². The minimum atomic E-state index is -4.04. The Balaban J connectivity index is 1.16. The van der Waals surface area contributed by atoms with Gasteiger partial charge in [-0.3, -0.25) is 9.78 Å². The first kappa shape index (κ1) is 28.0. The predicted octanol–water partition coefficient (Wildman–Crippen LogP) is -2.36. The number of rotatable bonds is 8. The molecule has 41 heavy (non-hydrogen) atoms. The molecular formula is C20H25N10O9PS. The number of nitrogen functional groups attached to an aromatic ring is 2. The molecule has 0 spiro atoms. The summed E-state index contributed by atoms with van der Waals surface area (Å²) in [5, 5.41) is 39.2. The van der Waals surface area contributed by atoms with Gasteiger partial charge in [-0.1, -0.05) is 5.21 Å². The fraction of sp³-hybridized carbons (Fsp3) is 0.500. The average Bonchev–Trinajstić information content (AvgIpc) is 3.69.